The molecule has 0 fully saturated rings. The number of ether oxygens (including phenoxy) is 1. The van der Waals surface area contributed by atoms with Crippen LogP contribution in [0.4, 0.5) is 0 Å². The highest BCUT2D eigenvalue weighted by Gasteiger charge is 2.12. The Morgan fingerprint density at radius 1 is 1.00 bits per heavy atom. The maximum absolute atomic E-state index is 6.12. The van der Waals surface area contributed by atoms with E-state index in [1.807, 2.05) is 18.2 Å². The fourth-order valence-corrected chi connectivity index (χ4v) is 2.42. The van der Waals surface area contributed by atoms with Crippen LogP contribution < -0.4 is 4.74 Å². The maximum atomic E-state index is 6.12. The summed E-state index contributed by atoms with van der Waals surface area (Å²) in [7, 11) is 0. The van der Waals surface area contributed by atoms with Gasteiger partial charge in [-0.25, -0.2) is 0 Å². The van der Waals surface area contributed by atoms with Crippen LogP contribution in [0.2, 0.25) is 0 Å². The lowest BCUT2D eigenvalue weighted by Crippen LogP contribution is -2.08. The largest absolute Gasteiger partial charge is 0.486 e. The molecule has 0 aliphatic heterocycles. The van der Waals surface area contributed by atoms with Crippen molar-refractivity contribution >= 4 is 11.6 Å². The molecule has 0 heterocycles. The van der Waals surface area contributed by atoms with Crippen LogP contribution in [0.5, 0.6) is 5.75 Å². The first kappa shape index (κ1) is 14.0. The molecule has 0 saturated carbocycles. The molecule has 0 amide bonds. The number of rotatable bonds is 5. The quantitative estimate of drug-likeness (QED) is 0.693. The Labute approximate surface area is 120 Å². The lowest BCUT2D eigenvalue weighted by Gasteiger charge is -2.19. The molecule has 0 aliphatic carbocycles. The SMILES string of the molecule is Cc1cc(C)cc(OC(CCCl)c2ccccc2)c1. The molecule has 100 valence electrons. The van der Waals surface area contributed by atoms with Crippen molar-refractivity contribution < 1.29 is 4.74 Å². The lowest BCUT2D eigenvalue weighted by molar-refractivity contribution is 0.202. The van der Waals surface area contributed by atoms with E-state index in [2.05, 4.69) is 44.2 Å². The summed E-state index contributed by atoms with van der Waals surface area (Å²) in [6, 6.07) is 16.5. The van der Waals surface area contributed by atoms with E-state index in [1.54, 1.807) is 0 Å². The lowest BCUT2D eigenvalue weighted by atomic mass is 10.1. The minimum absolute atomic E-state index is 0.0138. The molecule has 0 saturated heterocycles. The van der Waals surface area contributed by atoms with E-state index in [4.69, 9.17) is 16.3 Å². The van der Waals surface area contributed by atoms with Crippen LogP contribution in [0.3, 0.4) is 0 Å². The second-order valence-electron chi connectivity index (χ2n) is 4.82. The van der Waals surface area contributed by atoms with Crippen molar-refractivity contribution in [2.45, 2.75) is 26.4 Å². The predicted molar refractivity (Wildman–Crippen MR) is 81.1 cm³/mol. The molecule has 19 heavy (non-hydrogen) atoms. The third-order valence-electron chi connectivity index (χ3n) is 3.02. The van der Waals surface area contributed by atoms with E-state index in [9.17, 15) is 0 Å². The number of aryl methyl sites for hydroxylation is 2. The Balaban J connectivity index is 2.21. The van der Waals surface area contributed by atoms with Crippen molar-refractivity contribution in [2.24, 2.45) is 0 Å². The number of alkyl halides is 1. The topological polar surface area (TPSA) is 9.23 Å². The highest BCUT2D eigenvalue weighted by atomic mass is 35.5. The minimum atomic E-state index is 0.0138. The normalized spacial score (nSPS) is 12.2. The number of hydrogen-bond acceptors (Lipinski definition) is 1. The fraction of sp³-hybridized carbons (Fsp3) is 0.294. The standard InChI is InChI=1S/C17H19ClO/c1-13-10-14(2)12-16(11-13)19-17(8-9-18)15-6-4-3-5-7-15/h3-7,10-12,17H,8-9H2,1-2H3. The van der Waals surface area contributed by atoms with E-state index < -0.39 is 0 Å². The van der Waals surface area contributed by atoms with Crippen molar-refractivity contribution in [1.29, 1.82) is 0 Å². The summed E-state index contributed by atoms with van der Waals surface area (Å²) in [6.45, 7) is 4.16. The Morgan fingerprint density at radius 3 is 2.21 bits per heavy atom. The van der Waals surface area contributed by atoms with Crippen molar-refractivity contribution in [3.63, 3.8) is 0 Å². The van der Waals surface area contributed by atoms with Gasteiger partial charge in [0.25, 0.3) is 0 Å². The number of hydrogen-bond donors (Lipinski definition) is 0. The molecule has 0 bridgehead atoms. The zero-order valence-electron chi connectivity index (χ0n) is 11.4. The van der Waals surface area contributed by atoms with Gasteiger partial charge in [0.05, 0.1) is 0 Å². The molecule has 1 atom stereocenters. The highest BCUT2D eigenvalue weighted by Crippen LogP contribution is 2.26. The average Bonchev–Trinajstić information content (AvgIpc) is 2.38. The third kappa shape index (κ3) is 4.00. The second-order valence-corrected chi connectivity index (χ2v) is 5.20. The van der Waals surface area contributed by atoms with Gasteiger partial charge in [-0.3, -0.25) is 0 Å². The van der Waals surface area contributed by atoms with Gasteiger partial charge in [-0.1, -0.05) is 36.4 Å². The van der Waals surface area contributed by atoms with Crippen LogP contribution in [-0.4, -0.2) is 5.88 Å². The van der Waals surface area contributed by atoms with Crippen molar-refractivity contribution in [3.8, 4) is 5.75 Å². The van der Waals surface area contributed by atoms with Gasteiger partial charge in [0.15, 0.2) is 0 Å². The average molecular weight is 275 g/mol. The van der Waals surface area contributed by atoms with Crippen LogP contribution in [0.1, 0.15) is 29.2 Å². The first-order chi connectivity index (χ1) is 9.19. The molecule has 0 N–H and O–H groups in total. The maximum Gasteiger partial charge on any atom is 0.125 e. The Kier molecular flexibility index (Phi) is 4.86. The molecular weight excluding hydrogens is 256 g/mol. The molecule has 0 aromatic heterocycles. The van der Waals surface area contributed by atoms with Crippen LogP contribution in [0.15, 0.2) is 48.5 Å². The molecule has 0 aliphatic rings. The Morgan fingerprint density at radius 2 is 1.63 bits per heavy atom. The van der Waals surface area contributed by atoms with Gasteiger partial charge >= 0.3 is 0 Å². The summed E-state index contributed by atoms with van der Waals surface area (Å²) >= 11 is 5.89. The van der Waals surface area contributed by atoms with Crippen LogP contribution in [0.25, 0.3) is 0 Å². The Bertz CT molecular complexity index is 502. The summed E-state index contributed by atoms with van der Waals surface area (Å²) in [5.74, 6) is 1.50. The number of halogens is 1. The smallest absolute Gasteiger partial charge is 0.125 e. The first-order valence-corrected chi connectivity index (χ1v) is 7.08. The van der Waals surface area contributed by atoms with Gasteiger partial charge in [0, 0.05) is 12.3 Å². The predicted octanol–water partition coefficient (Wildman–Crippen LogP) is 5.05. The summed E-state index contributed by atoms with van der Waals surface area (Å²) in [5, 5.41) is 0. The summed E-state index contributed by atoms with van der Waals surface area (Å²) in [4.78, 5) is 0. The molecule has 2 rings (SSSR count). The van der Waals surface area contributed by atoms with E-state index >= 15 is 0 Å². The molecular formula is C17H19ClO. The van der Waals surface area contributed by atoms with Crippen molar-refractivity contribution in [3.05, 3.63) is 65.2 Å². The van der Waals surface area contributed by atoms with Gasteiger partial charge in [-0.05, 0) is 42.7 Å². The van der Waals surface area contributed by atoms with Crippen LogP contribution in [0, 0.1) is 13.8 Å². The van der Waals surface area contributed by atoms with Gasteiger partial charge in [0.2, 0.25) is 0 Å². The van der Waals surface area contributed by atoms with Crippen LogP contribution in [-0.2, 0) is 0 Å². The monoisotopic (exact) mass is 274 g/mol. The molecule has 2 aromatic rings. The molecule has 1 nitrogen and oxygen atoms in total. The summed E-state index contributed by atoms with van der Waals surface area (Å²) < 4.78 is 6.12. The summed E-state index contributed by atoms with van der Waals surface area (Å²) in [6.07, 6.45) is 0.818. The Hall–Kier alpha value is -1.47. The molecule has 2 heteroatoms. The van der Waals surface area contributed by atoms with Gasteiger partial charge < -0.3 is 4.74 Å². The zero-order valence-corrected chi connectivity index (χ0v) is 12.2. The van der Waals surface area contributed by atoms with Crippen LogP contribution >= 0.6 is 11.6 Å². The van der Waals surface area contributed by atoms with Gasteiger partial charge in [0.1, 0.15) is 11.9 Å². The second kappa shape index (κ2) is 6.63. The fourth-order valence-electron chi connectivity index (χ4n) is 2.23. The van der Waals surface area contributed by atoms with Gasteiger partial charge in [-0.15, -0.1) is 11.6 Å². The van der Waals surface area contributed by atoms with Crippen molar-refractivity contribution in [2.75, 3.05) is 5.88 Å². The molecule has 0 radical (unpaired) electrons. The molecule has 0 spiro atoms. The van der Waals surface area contributed by atoms with E-state index in [0.717, 1.165) is 12.2 Å². The van der Waals surface area contributed by atoms with Gasteiger partial charge in [-0.2, -0.15) is 0 Å². The van der Waals surface area contributed by atoms with Crippen molar-refractivity contribution in [1.82, 2.24) is 0 Å². The van der Waals surface area contributed by atoms with E-state index in [1.165, 1.54) is 16.7 Å². The number of benzene rings is 2. The zero-order chi connectivity index (χ0) is 13.7. The molecule has 1 unspecified atom stereocenters. The minimum Gasteiger partial charge on any atom is -0.486 e. The molecule has 2 aromatic carbocycles. The first-order valence-electron chi connectivity index (χ1n) is 6.55. The van der Waals surface area contributed by atoms with E-state index in [-0.39, 0.29) is 6.10 Å². The third-order valence-corrected chi connectivity index (χ3v) is 3.23. The highest BCUT2D eigenvalue weighted by molar-refractivity contribution is 6.17. The van der Waals surface area contributed by atoms with E-state index in [0.29, 0.717) is 5.88 Å². The summed E-state index contributed by atoms with van der Waals surface area (Å²) in [5.41, 5.74) is 3.60.